The maximum absolute atomic E-state index is 12.0. The zero-order chi connectivity index (χ0) is 14.2. The molecule has 1 aromatic carbocycles. The summed E-state index contributed by atoms with van der Waals surface area (Å²) in [6, 6.07) is 8.06. The third kappa shape index (κ3) is 4.53. The molecule has 1 aromatic rings. The summed E-state index contributed by atoms with van der Waals surface area (Å²) < 4.78 is 5.47. The van der Waals surface area contributed by atoms with Gasteiger partial charge in [0.1, 0.15) is 5.75 Å². The minimum absolute atomic E-state index is 0.186. The van der Waals surface area contributed by atoms with Gasteiger partial charge in [0.15, 0.2) is 0 Å². The molecule has 110 valence electrons. The fraction of sp³-hybridized carbons (Fsp3) is 0.562. The van der Waals surface area contributed by atoms with Crippen molar-refractivity contribution in [3.63, 3.8) is 0 Å². The van der Waals surface area contributed by atoms with Gasteiger partial charge in [-0.05, 0) is 57.0 Å². The zero-order valence-electron chi connectivity index (χ0n) is 12.2. The predicted octanol–water partition coefficient (Wildman–Crippen LogP) is 1.74. The van der Waals surface area contributed by atoms with Gasteiger partial charge in [-0.15, -0.1) is 0 Å². The van der Waals surface area contributed by atoms with Crippen molar-refractivity contribution in [3.05, 3.63) is 29.8 Å². The van der Waals surface area contributed by atoms with Crippen molar-refractivity contribution in [1.29, 1.82) is 0 Å². The van der Waals surface area contributed by atoms with Crippen LogP contribution in [0.15, 0.2) is 24.3 Å². The van der Waals surface area contributed by atoms with Crippen molar-refractivity contribution >= 4 is 5.91 Å². The Bertz CT molecular complexity index is 428. The molecule has 20 heavy (non-hydrogen) atoms. The third-order valence-corrected chi connectivity index (χ3v) is 3.63. The van der Waals surface area contributed by atoms with E-state index in [2.05, 4.69) is 16.7 Å². The molecule has 0 aliphatic carbocycles. The van der Waals surface area contributed by atoms with Gasteiger partial charge in [0.25, 0.3) is 0 Å². The van der Waals surface area contributed by atoms with Crippen LogP contribution in [0.2, 0.25) is 0 Å². The van der Waals surface area contributed by atoms with Gasteiger partial charge in [-0.3, -0.25) is 4.79 Å². The highest BCUT2D eigenvalue weighted by molar-refractivity contribution is 5.78. The Morgan fingerprint density at radius 1 is 1.40 bits per heavy atom. The van der Waals surface area contributed by atoms with Crippen LogP contribution in [0.1, 0.15) is 25.3 Å². The fourth-order valence-corrected chi connectivity index (χ4v) is 2.52. The first-order chi connectivity index (χ1) is 9.79. The first-order valence-electron chi connectivity index (χ1n) is 7.49. The van der Waals surface area contributed by atoms with Crippen LogP contribution in [0.25, 0.3) is 0 Å². The van der Waals surface area contributed by atoms with E-state index in [0.29, 0.717) is 13.2 Å². The number of ether oxygens (including phenoxy) is 1. The summed E-state index contributed by atoms with van der Waals surface area (Å²) in [4.78, 5) is 12.0. The van der Waals surface area contributed by atoms with Gasteiger partial charge in [0.05, 0.1) is 6.61 Å². The van der Waals surface area contributed by atoms with Crippen molar-refractivity contribution in [3.8, 4) is 5.75 Å². The molecule has 0 unspecified atom stereocenters. The van der Waals surface area contributed by atoms with E-state index in [0.717, 1.165) is 38.1 Å². The number of nitrogens with one attached hydrogen (secondary N) is 2. The van der Waals surface area contributed by atoms with Gasteiger partial charge in [-0.1, -0.05) is 12.1 Å². The van der Waals surface area contributed by atoms with E-state index in [1.807, 2.05) is 25.1 Å². The van der Waals surface area contributed by atoms with Crippen LogP contribution >= 0.6 is 0 Å². The van der Waals surface area contributed by atoms with Gasteiger partial charge in [0, 0.05) is 12.5 Å². The molecule has 1 heterocycles. The molecular formula is C16H24N2O2. The number of hydrogen-bond donors (Lipinski definition) is 2. The Morgan fingerprint density at radius 2 is 2.20 bits per heavy atom. The van der Waals surface area contributed by atoms with E-state index in [4.69, 9.17) is 4.74 Å². The lowest BCUT2D eigenvalue weighted by Crippen LogP contribution is -2.38. The van der Waals surface area contributed by atoms with Crippen LogP contribution in [-0.4, -0.2) is 32.1 Å². The Hall–Kier alpha value is -1.55. The van der Waals surface area contributed by atoms with Crippen LogP contribution in [0.5, 0.6) is 5.75 Å². The van der Waals surface area contributed by atoms with Gasteiger partial charge in [-0.2, -0.15) is 0 Å². The lowest BCUT2D eigenvalue weighted by molar-refractivity contribution is -0.125. The van der Waals surface area contributed by atoms with Gasteiger partial charge >= 0.3 is 0 Å². The number of carbonyl (C=O) groups excluding carboxylic acids is 1. The molecule has 0 bridgehead atoms. The SMILES string of the molecule is CCOc1cccc(CCNC(=O)C2CCNCC2)c1. The molecule has 4 nitrogen and oxygen atoms in total. The second-order valence-electron chi connectivity index (χ2n) is 5.15. The molecule has 1 fully saturated rings. The number of hydrogen-bond acceptors (Lipinski definition) is 3. The standard InChI is InChI=1S/C16H24N2O2/c1-2-20-15-5-3-4-13(12-15)6-11-18-16(19)14-7-9-17-10-8-14/h3-5,12,14,17H,2,6-11H2,1H3,(H,18,19). The number of rotatable bonds is 6. The van der Waals surface area contributed by atoms with Crippen molar-refractivity contribution in [2.75, 3.05) is 26.2 Å². The predicted molar refractivity (Wildman–Crippen MR) is 79.9 cm³/mol. The number of carbonyl (C=O) groups is 1. The molecule has 2 rings (SSSR count). The third-order valence-electron chi connectivity index (χ3n) is 3.63. The van der Waals surface area contributed by atoms with Gasteiger partial charge < -0.3 is 15.4 Å². The highest BCUT2D eigenvalue weighted by Crippen LogP contribution is 2.14. The van der Waals surface area contributed by atoms with E-state index >= 15 is 0 Å². The topological polar surface area (TPSA) is 50.4 Å². The Labute approximate surface area is 120 Å². The van der Waals surface area contributed by atoms with Gasteiger partial charge in [-0.25, -0.2) is 0 Å². The Kier molecular flexibility index (Phi) is 5.87. The van der Waals surface area contributed by atoms with Crippen LogP contribution in [0.3, 0.4) is 0 Å². The van der Waals surface area contributed by atoms with E-state index in [1.165, 1.54) is 5.56 Å². The summed E-state index contributed by atoms with van der Waals surface area (Å²) in [5.41, 5.74) is 1.20. The summed E-state index contributed by atoms with van der Waals surface area (Å²) in [6.07, 6.45) is 2.74. The lowest BCUT2D eigenvalue weighted by Gasteiger charge is -2.21. The minimum Gasteiger partial charge on any atom is -0.494 e. The molecule has 0 radical (unpaired) electrons. The van der Waals surface area contributed by atoms with Crippen LogP contribution in [0.4, 0.5) is 0 Å². The van der Waals surface area contributed by atoms with E-state index in [9.17, 15) is 4.79 Å². The molecule has 0 saturated carbocycles. The molecule has 0 spiro atoms. The van der Waals surface area contributed by atoms with Crippen molar-refractivity contribution in [1.82, 2.24) is 10.6 Å². The second kappa shape index (κ2) is 7.90. The highest BCUT2D eigenvalue weighted by Gasteiger charge is 2.20. The summed E-state index contributed by atoms with van der Waals surface area (Å²) in [5.74, 6) is 1.29. The average Bonchev–Trinajstić information content (AvgIpc) is 2.49. The molecule has 1 amide bonds. The van der Waals surface area contributed by atoms with Gasteiger partial charge in [0.2, 0.25) is 5.91 Å². The molecule has 1 saturated heterocycles. The summed E-state index contributed by atoms with van der Waals surface area (Å²) in [6.45, 7) is 5.25. The highest BCUT2D eigenvalue weighted by atomic mass is 16.5. The molecule has 2 N–H and O–H groups in total. The van der Waals surface area contributed by atoms with Crippen LogP contribution in [-0.2, 0) is 11.2 Å². The molecule has 0 atom stereocenters. The van der Waals surface area contributed by atoms with Crippen molar-refractivity contribution in [2.45, 2.75) is 26.2 Å². The molecule has 0 aromatic heterocycles. The normalized spacial score (nSPS) is 15.8. The lowest BCUT2D eigenvalue weighted by atomic mass is 9.97. The molecule has 1 aliphatic heterocycles. The maximum atomic E-state index is 12.0. The summed E-state index contributed by atoms with van der Waals surface area (Å²) in [5, 5.41) is 6.32. The summed E-state index contributed by atoms with van der Waals surface area (Å²) in [7, 11) is 0. The summed E-state index contributed by atoms with van der Waals surface area (Å²) >= 11 is 0. The Balaban J connectivity index is 1.74. The quantitative estimate of drug-likeness (QED) is 0.832. The smallest absolute Gasteiger partial charge is 0.223 e. The van der Waals surface area contributed by atoms with Crippen molar-refractivity contribution in [2.24, 2.45) is 5.92 Å². The van der Waals surface area contributed by atoms with Crippen molar-refractivity contribution < 1.29 is 9.53 Å². The number of amides is 1. The van der Waals surface area contributed by atoms with E-state index in [1.54, 1.807) is 0 Å². The van der Waals surface area contributed by atoms with Crippen LogP contribution in [0, 0.1) is 5.92 Å². The van der Waals surface area contributed by atoms with E-state index < -0.39 is 0 Å². The first-order valence-corrected chi connectivity index (χ1v) is 7.49. The van der Waals surface area contributed by atoms with Crippen LogP contribution < -0.4 is 15.4 Å². The molecule has 1 aliphatic rings. The number of piperidine rings is 1. The largest absolute Gasteiger partial charge is 0.494 e. The monoisotopic (exact) mass is 276 g/mol. The number of benzene rings is 1. The zero-order valence-corrected chi connectivity index (χ0v) is 12.2. The first kappa shape index (κ1) is 14.9. The maximum Gasteiger partial charge on any atom is 0.223 e. The second-order valence-corrected chi connectivity index (χ2v) is 5.15. The minimum atomic E-state index is 0.186. The molecular weight excluding hydrogens is 252 g/mol. The van der Waals surface area contributed by atoms with E-state index in [-0.39, 0.29) is 11.8 Å². The average molecular weight is 276 g/mol. The molecule has 4 heteroatoms. The fourth-order valence-electron chi connectivity index (χ4n) is 2.52. The Morgan fingerprint density at radius 3 is 2.95 bits per heavy atom.